The molecule has 4 aliphatic rings. The Labute approximate surface area is 169 Å². The highest BCUT2D eigenvalue weighted by molar-refractivity contribution is 5.88. The summed E-state index contributed by atoms with van der Waals surface area (Å²) >= 11 is 0. The fraction of sp³-hybridized carbons (Fsp3) is 0.826. The van der Waals surface area contributed by atoms with Crippen molar-refractivity contribution in [1.82, 2.24) is 9.80 Å². The Morgan fingerprint density at radius 1 is 1.25 bits per heavy atom. The average molecular weight is 389 g/mol. The number of rotatable bonds is 1. The second-order valence-electron chi connectivity index (χ2n) is 10.6. The number of allylic oxidation sites excluding steroid dienone is 1. The van der Waals surface area contributed by atoms with Crippen LogP contribution in [0.25, 0.3) is 0 Å². The van der Waals surface area contributed by atoms with Crippen LogP contribution in [-0.2, 0) is 9.59 Å². The predicted molar refractivity (Wildman–Crippen MR) is 108 cm³/mol. The number of carbonyl (C=O) groups is 2. The van der Waals surface area contributed by atoms with Crippen LogP contribution in [-0.4, -0.2) is 60.5 Å². The second kappa shape index (κ2) is 6.58. The standard InChI is InChI=1S/C23H36N2O3/c1-22-10-11-25(5)19(27)12-14(22)6-7-15-16-8-9-17(21(28)24(3)4)23(16,2)13-18(26)20(15)22/h12,15-18,20,26H,6-11,13H2,1-5H3/t15?,16?,17-,18+,20?,22+,23+/m1/s1. The van der Waals surface area contributed by atoms with Gasteiger partial charge in [-0.25, -0.2) is 0 Å². The van der Waals surface area contributed by atoms with Crippen LogP contribution in [0.4, 0.5) is 0 Å². The summed E-state index contributed by atoms with van der Waals surface area (Å²) < 4.78 is 0. The van der Waals surface area contributed by atoms with Gasteiger partial charge in [-0.3, -0.25) is 9.59 Å². The normalized spacial score (nSPS) is 45.5. The summed E-state index contributed by atoms with van der Waals surface area (Å²) in [5, 5.41) is 11.4. The maximum atomic E-state index is 12.9. The second-order valence-corrected chi connectivity index (χ2v) is 10.6. The minimum atomic E-state index is -0.408. The molecule has 0 bridgehead atoms. The molecular formula is C23H36N2O3. The lowest BCUT2D eigenvalue weighted by molar-refractivity contribution is -0.150. The largest absolute Gasteiger partial charge is 0.393 e. The van der Waals surface area contributed by atoms with E-state index in [9.17, 15) is 14.7 Å². The number of likely N-dealkylation sites (N-methyl/N-ethyl adjacent to an activating group) is 1. The molecule has 3 fully saturated rings. The summed E-state index contributed by atoms with van der Waals surface area (Å²) in [6, 6.07) is 0. The molecule has 1 N–H and O–H groups in total. The summed E-state index contributed by atoms with van der Waals surface area (Å²) in [4.78, 5) is 28.8. The molecular weight excluding hydrogens is 352 g/mol. The van der Waals surface area contributed by atoms with E-state index in [1.807, 2.05) is 32.1 Å². The molecule has 4 rings (SSSR count). The first-order valence-electron chi connectivity index (χ1n) is 10.9. The van der Waals surface area contributed by atoms with Gasteiger partial charge in [-0.2, -0.15) is 0 Å². The van der Waals surface area contributed by atoms with Crippen LogP contribution in [0.15, 0.2) is 11.6 Å². The zero-order valence-corrected chi connectivity index (χ0v) is 18.1. The van der Waals surface area contributed by atoms with Crippen molar-refractivity contribution in [2.75, 3.05) is 27.7 Å². The first-order chi connectivity index (χ1) is 13.1. The lowest BCUT2D eigenvalue weighted by Gasteiger charge is -2.59. The summed E-state index contributed by atoms with van der Waals surface area (Å²) in [6.45, 7) is 5.29. The molecule has 0 radical (unpaired) electrons. The third-order valence-electron chi connectivity index (χ3n) is 9.05. The quantitative estimate of drug-likeness (QED) is 0.751. The number of hydrogen-bond donors (Lipinski definition) is 1. The summed E-state index contributed by atoms with van der Waals surface area (Å²) in [5.41, 5.74) is 1.01. The molecule has 3 saturated carbocycles. The van der Waals surface area contributed by atoms with Gasteiger partial charge in [0.05, 0.1) is 6.10 Å². The van der Waals surface area contributed by atoms with Gasteiger partial charge in [0.15, 0.2) is 0 Å². The van der Waals surface area contributed by atoms with E-state index in [0.717, 1.165) is 38.6 Å². The molecule has 3 unspecified atom stereocenters. The highest BCUT2D eigenvalue weighted by atomic mass is 16.3. The summed E-state index contributed by atoms with van der Waals surface area (Å²) in [5.74, 6) is 1.47. The fourth-order valence-electron chi connectivity index (χ4n) is 7.52. The van der Waals surface area contributed by atoms with E-state index in [1.54, 1.807) is 4.90 Å². The van der Waals surface area contributed by atoms with Crippen molar-refractivity contribution in [3.63, 3.8) is 0 Å². The van der Waals surface area contributed by atoms with Crippen molar-refractivity contribution in [1.29, 1.82) is 0 Å². The molecule has 1 heterocycles. The SMILES string of the molecule is CN(C)C(=O)[C@H]1CCC2C3CCC4=CC(=O)N(C)CC[C@]4(C)C3[C@@H](O)C[C@@]21C. The molecule has 156 valence electrons. The monoisotopic (exact) mass is 388 g/mol. The van der Waals surface area contributed by atoms with E-state index in [0.29, 0.717) is 18.3 Å². The summed E-state index contributed by atoms with van der Waals surface area (Å²) in [7, 11) is 5.57. The smallest absolute Gasteiger partial charge is 0.246 e. The van der Waals surface area contributed by atoms with E-state index in [4.69, 9.17) is 0 Å². The number of aliphatic hydroxyl groups is 1. The molecule has 2 amide bonds. The Morgan fingerprint density at radius 2 is 1.96 bits per heavy atom. The van der Waals surface area contributed by atoms with Crippen molar-refractivity contribution in [2.45, 2.75) is 58.5 Å². The molecule has 0 saturated heterocycles. The number of fused-ring (bicyclic) bond motifs is 5. The van der Waals surface area contributed by atoms with Gasteiger partial charge in [-0.05, 0) is 67.1 Å². The molecule has 7 atom stereocenters. The van der Waals surface area contributed by atoms with E-state index in [1.165, 1.54) is 5.57 Å². The first-order valence-corrected chi connectivity index (χ1v) is 10.9. The molecule has 1 aliphatic heterocycles. The van der Waals surface area contributed by atoms with E-state index in [-0.39, 0.29) is 34.5 Å². The van der Waals surface area contributed by atoms with Gasteiger partial charge in [0.25, 0.3) is 0 Å². The third kappa shape index (κ3) is 2.68. The van der Waals surface area contributed by atoms with Gasteiger partial charge in [0, 0.05) is 39.7 Å². The fourth-order valence-corrected chi connectivity index (χ4v) is 7.52. The van der Waals surface area contributed by atoms with Crippen LogP contribution in [0.2, 0.25) is 0 Å². The lowest BCUT2D eigenvalue weighted by atomic mass is 9.47. The Bertz CT molecular complexity index is 717. The minimum Gasteiger partial charge on any atom is -0.393 e. The molecule has 5 nitrogen and oxygen atoms in total. The number of nitrogens with zero attached hydrogens (tertiary/aromatic N) is 2. The first kappa shape index (κ1) is 19.9. The predicted octanol–water partition coefficient (Wildman–Crippen LogP) is 2.69. The van der Waals surface area contributed by atoms with Gasteiger partial charge < -0.3 is 14.9 Å². The molecule has 3 aliphatic carbocycles. The number of amides is 2. The maximum Gasteiger partial charge on any atom is 0.246 e. The van der Waals surface area contributed by atoms with Crippen molar-refractivity contribution < 1.29 is 14.7 Å². The van der Waals surface area contributed by atoms with Crippen LogP contribution in [0.5, 0.6) is 0 Å². The molecule has 0 aromatic carbocycles. The van der Waals surface area contributed by atoms with Crippen LogP contribution in [0.3, 0.4) is 0 Å². The molecule has 5 heteroatoms. The van der Waals surface area contributed by atoms with E-state index >= 15 is 0 Å². The Balaban J connectivity index is 1.69. The Hall–Kier alpha value is -1.36. The topological polar surface area (TPSA) is 60.9 Å². The molecule has 28 heavy (non-hydrogen) atoms. The highest BCUT2D eigenvalue weighted by Crippen LogP contribution is 2.66. The average Bonchev–Trinajstić information content (AvgIpc) is 2.91. The van der Waals surface area contributed by atoms with E-state index < -0.39 is 6.10 Å². The Morgan fingerprint density at radius 3 is 2.64 bits per heavy atom. The zero-order valence-electron chi connectivity index (χ0n) is 18.1. The number of hydrogen-bond acceptors (Lipinski definition) is 3. The van der Waals surface area contributed by atoms with Crippen LogP contribution in [0.1, 0.15) is 52.4 Å². The van der Waals surface area contributed by atoms with Crippen molar-refractivity contribution >= 4 is 11.8 Å². The summed E-state index contributed by atoms with van der Waals surface area (Å²) in [6.07, 6.45) is 7.08. The third-order valence-corrected chi connectivity index (χ3v) is 9.05. The minimum absolute atomic E-state index is 0.0229. The van der Waals surface area contributed by atoms with Crippen molar-refractivity contribution in [3.05, 3.63) is 11.6 Å². The number of aliphatic hydroxyl groups excluding tert-OH is 1. The van der Waals surface area contributed by atoms with Gasteiger partial charge >= 0.3 is 0 Å². The Kier molecular flexibility index (Phi) is 4.68. The lowest BCUT2D eigenvalue weighted by Crippen LogP contribution is -2.57. The molecule has 0 aromatic rings. The zero-order chi connectivity index (χ0) is 20.4. The highest BCUT2D eigenvalue weighted by Gasteiger charge is 2.63. The van der Waals surface area contributed by atoms with Crippen LogP contribution >= 0.6 is 0 Å². The van der Waals surface area contributed by atoms with E-state index in [2.05, 4.69) is 13.8 Å². The van der Waals surface area contributed by atoms with Crippen LogP contribution in [0, 0.1) is 34.5 Å². The molecule has 0 aromatic heterocycles. The van der Waals surface area contributed by atoms with Gasteiger partial charge in [0.2, 0.25) is 11.8 Å². The van der Waals surface area contributed by atoms with Gasteiger partial charge in [-0.15, -0.1) is 0 Å². The van der Waals surface area contributed by atoms with Crippen molar-refractivity contribution in [2.24, 2.45) is 34.5 Å². The molecule has 0 spiro atoms. The van der Waals surface area contributed by atoms with Crippen LogP contribution < -0.4 is 0 Å². The van der Waals surface area contributed by atoms with Gasteiger partial charge in [-0.1, -0.05) is 19.4 Å². The van der Waals surface area contributed by atoms with Crippen molar-refractivity contribution in [3.8, 4) is 0 Å². The number of carbonyl (C=O) groups excluding carboxylic acids is 2. The maximum absolute atomic E-state index is 12.9. The van der Waals surface area contributed by atoms with Gasteiger partial charge in [0.1, 0.15) is 0 Å².